The normalized spacial score (nSPS) is 18.3. The number of carbonyl (C=O) groups is 1. The summed E-state index contributed by atoms with van der Waals surface area (Å²) in [6.45, 7) is 5.31. The molecule has 39 heavy (non-hydrogen) atoms. The first-order valence-electron chi connectivity index (χ1n) is 13.0. The Kier molecular flexibility index (Phi) is 8.69. The number of thioether (sulfide) groups is 1. The summed E-state index contributed by atoms with van der Waals surface area (Å²) in [6.07, 6.45) is 8.88. The van der Waals surface area contributed by atoms with Crippen LogP contribution < -0.4 is 11.3 Å². The van der Waals surface area contributed by atoms with Gasteiger partial charge in [0.2, 0.25) is 0 Å². The molecule has 10 heteroatoms. The Balaban J connectivity index is 1.68. The van der Waals surface area contributed by atoms with E-state index in [2.05, 4.69) is 26.0 Å². The molecule has 3 heterocycles. The van der Waals surface area contributed by atoms with Crippen LogP contribution in [0.1, 0.15) is 59.0 Å². The van der Waals surface area contributed by atoms with E-state index in [0.29, 0.717) is 51.7 Å². The van der Waals surface area contributed by atoms with Crippen LogP contribution in [0.5, 0.6) is 0 Å². The molecule has 1 aliphatic heterocycles. The number of aromatic nitrogens is 2. The first kappa shape index (κ1) is 28.2. The number of halogens is 2. The van der Waals surface area contributed by atoms with Gasteiger partial charge < -0.3 is 10.6 Å². The minimum Gasteiger partial charge on any atom is -0.330 e. The zero-order chi connectivity index (χ0) is 27.7. The third kappa shape index (κ3) is 5.77. The summed E-state index contributed by atoms with van der Waals surface area (Å²) in [4.78, 5) is 36.8. The third-order valence-corrected chi connectivity index (χ3v) is 9.78. The van der Waals surface area contributed by atoms with E-state index in [1.807, 2.05) is 29.2 Å². The zero-order valence-corrected chi connectivity index (χ0v) is 24.9. The molecule has 3 aromatic rings. The van der Waals surface area contributed by atoms with E-state index >= 15 is 0 Å². The van der Waals surface area contributed by atoms with Crippen LogP contribution >= 0.6 is 46.3 Å². The van der Waals surface area contributed by atoms with Crippen molar-refractivity contribution in [2.45, 2.75) is 48.9 Å². The molecule has 0 fully saturated rings. The Hall–Kier alpha value is -2.36. The number of hydrogen-bond acceptors (Lipinski definition) is 6. The van der Waals surface area contributed by atoms with Crippen LogP contribution in [0.3, 0.4) is 0 Å². The van der Waals surface area contributed by atoms with Crippen LogP contribution in [0, 0.1) is 5.92 Å². The average molecular weight is 602 g/mol. The van der Waals surface area contributed by atoms with Gasteiger partial charge in [-0.3, -0.25) is 14.2 Å². The first-order chi connectivity index (χ1) is 18.8. The summed E-state index contributed by atoms with van der Waals surface area (Å²) in [5.74, 6) is 0.423. The summed E-state index contributed by atoms with van der Waals surface area (Å²) in [6, 6.07) is 10.2. The van der Waals surface area contributed by atoms with Crippen LogP contribution in [0.25, 0.3) is 0 Å². The second-order valence-corrected chi connectivity index (χ2v) is 13.4. The molecule has 5 rings (SSSR count). The molecule has 204 valence electrons. The van der Waals surface area contributed by atoms with Crippen molar-refractivity contribution in [3.8, 4) is 0 Å². The summed E-state index contributed by atoms with van der Waals surface area (Å²) in [7, 11) is 0. The monoisotopic (exact) mass is 600 g/mol. The molecule has 0 saturated carbocycles. The van der Waals surface area contributed by atoms with Crippen LogP contribution in [-0.2, 0) is 6.54 Å². The molecular weight excluding hydrogens is 571 g/mol. The van der Waals surface area contributed by atoms with Gasteiger partial charge in [0.25, 0.3) is 11.5 Å². The van der Waals surface area contributed by atoms with E-state index in [9.17, 15) is 9.59 Å². The fourth-order valence-corrected chi connectivity index (χ4v) is 7.67. The maximum atomic E-state index is 14.2. The van der Waals surface area contributed by atoms with Gasteiger partial charge in [0.15, 0.2) is 0 Å². The molecule has 1 aliphatic carbocycles. The van der Waals surface area contributed by atoms with Crippen molar-refractivity contribution in [2.75, 3.05) is 13.1 Å². The third-order valence-electron chi connectivity index (χ3n) is 6.97. The van der Waals surface area contributed by atoms with Crippen LogP contribution in [0.2, 0.25) is 9.36 Å². The maximum Gasteiger partial charge on any atom is 0.267 e. The molecule has 3 unspecified atom stereocenters. The lowest BCUT2D eigenvalue weighted by atomic mass is 9.95. The lowest BCUT2D eigenvalue weighted by Gasteiger charge is -2.35. The lowest BCUT2D eigenvalue weighted by molar-refractivity contribution is 0.0601. The minimum absolute atomic E-state index is 0.0181. The van der Waals surface area contributed by atoms with Crippen molar-refractivity contribution in [2.24, 2.45) is 11.7 Å². The fraction of sp³-hybridized carbons (Fsp3) is 0.345. The molecule has 2 aliphatic rings. The zero-order valence-electron chi connectivity index (χ0n) is 21.7. The van der Waals surface area contributed by atoms with Gasteiger partial charge in [-0.25, -0.2) is 4.98 Å². The summed E-state index contributed by atoms with van der Waals surface area (Å²) in [5.41, 5.74) is 7.13. The maximum absolute atomic E-state index is 14.2. The highest BCUT2D eigenvalue weighted by atomic mass is 35.5. The SMILES string of the molecule is CC(C)C(c1nc2c(c(=O)n1Cc1ccc(Cl)s1)SC1C=CC=CC21)N(CCCN)C(=O)c1ccc(Cl)cc1. The molecule has 0 bridgehead atoms. The number of nitrogens with zero attached hydrogens (tertiary/aromatic N) is 3. The number of carbonyl (C=O) groups excluding carboxylic acids is 1. The van der Waals surface area contributed by atoms with Gasteiger partial charge in [0, 0.05) is 33.2 Å². The van der Waals surface area contributed by atoms with Crippen molar-refractivity contribution in [1.29, 1.82) is 0 Å². The molecular formula is C29H30Cl2N4O2S2. The van der Waals surface area contributed by atoms with E-state index in [0.717, 1.165) is 10.6 Å². The Morgan fingerprint density at radius 1 is 1.13 bits per heavy atom. The van der Waals surface area contributed by atoms with Crippen LogP contribution in [0.15, 0.2) is 70.4 Å². The molecule has 6 nitrogen and oxygen atoms in total. The molecule has 1 amide bonds. The Morgan fingerprint density at radius 2 is 1.87 bits per heavy atom. The lowest BCUT2D eigenvalue weighted by Crippen LogP contribution is -2.42. The van der Waals surface area contributed by atoms with E-state index in [1.165, 1.54) is 11.3 Å². The minimum atomic E-state index is -0.458. The molecule has 3 atom stereocenters. The fourth-order valence-electron chi connectivity index (χ4n) is 5.15. The molecule has 0 saturated heterocycles. The van der Waals surface area contributed by atoms with Gasteiger partial charge >= 0.3 is 0 Å². The number of allylic oxidation sites excluding steroid dienone is 3. The number of hydrogen-bond donors (Lipinski definition) is 1. The topological polar surface area (TPSA) is 81.2 Å². The summed E-state index contributed by atoms with van der Waals surface area (Å²) >= 11 is 15.4. The number of fused-ring (bicyclic) bond motifs is 3. The number of thiophene rings is 1. The second kappa shape index (κ2) is 12.0. The summed E-state index contributed by atoms with van der Waals surface area (Å²) < 4.78 is 2.40. The Labute approximate surface area is 246 Å². The van der Waals surface area contributed by atoms with Gasteiger partial charge in [0.1, 0.15) is 5.82 Å². The molecule has 0 radical (unpaired) electrons. The van der Waals surface area contributed by atoms with Gasteiger partial charge in [-0.05, 0) is 55.3 Å². The highest BCUT2D eigenvalue weighted by Gasteiger charge is 2.39. The van der Waals surface area contributed by atoms with Crippen molar-refractivity contribution >= 4 is 52.2 Å². The van der Waals surface area contributed by atoms with Crippen LogP contribution in [-0.4, -0.2) is 38.7 Å². The second-order valence-electron chi connectivity index (χ2n) is 10.00. The van der Waals surface area contributed by atoms with E-state index in [4.69, 9.17) is 33.9 Å². The Morgan fingerprint density at radius 3 is 2.54 bits per heavy atom. The smallest absolute Gasteiger partial charge is 0.267 e. The Bertz CT molecular complexity index is 1480. The predicted octanol–water partition coefficient (Wildman–Crippen LogP) is 6.53. The van der Waals surface area contributed by atoms with Gasteiger partial charge in [-0.15, -0.1) is 23.1 Å². The largest absolute Gasteiger partial charge is 0.330 e. The summed E-state index contributed by atoms with van der Waals surface area (Å²) in [5, 5.41) is 0.692. The van der Waals surface area contributed by atoms with E-state index in [1.54, 1.807) is 40.6 Å². The molecule has 2 N–H and O–H groups in total. The van der Waals surface area contributed by atoms with E-state index < -0.39 is 6.04 Å². The van der Waals surface area contributed by atoms with Crippen molar-refractivity contribution < 1.29 is 4.79 Å². The average Bonchev–Trinajstić information content (AvgIpc) is 3.51. The van der Waals surface area contributed by atoms with Crippen molar-refractivity contribution in [3.63, 3.8) is 0 Å². The highest BCUT2D eigenvalue weighted by molar-refractivity contribution is 8.00. The standard InChI is InChI=1S/C29H30Cl2N4O2S2/c1-17(2)25(34(15-5-14-32)28(36)18-8-10-19(30)11-9-18)27-33-24-21-6-3-4-7-22(21)39-26(24)29(37)35(27)16-20-12-13-23(31)38-20/h3-4,6-13,17,21-22,25H,5,14-16,32H2,1-2H3. The van der Waals surface area contributed by atoms with Gasteiger partial charge in [0.05, 0.1) is 27.5 Å². The molecule has 0 spiro atoms. The van der Waals surface area contributed by atoms with Crippen molar-refractivity contribution in [3.05, 3.63) is 102 Å². The highest BCUT2D eigenvalue weighted by Crippen LogP contribution is 2.46. The number of amides is 1. The van der Waals surface area contributed by atoms with E-state index in [-0.39, 0.29) is 28.6 Å². The van der Waals surface area contributed by atoms with Gasteiger partial charge in [-0.1, -0.05) is 61.4 Å². The number of rotatable bonds is 9. The molecule has 2 aromatic heterocycles. The quantitative estimate of drug-likeness (QED) is 0.302. The van der Waals surface area contributed by atoms with Crippen LogP contribution in [0.4, 0.5) is 0 Å². The number of nitrogens with two attached hydrogens (primary N) is 1. The predicted molar refractivity (Wildman–Crippen MR) is 161 cm³/mol. The molecule has 1 aromatic carbocycles. The number of benzene rings is 1. The first-order valence-corrected chi connectivity index (χ1v) is 15.4. The van der Waals surface area contributed by atoms with Crippen molar-refractivity contribution in [1.82, 2.24) is 14.5 Å². The van der Waals surface area contributed by atoms with Gasteiger partial charge in [-0.2, -0.15) is 0 Å².